The number of anilines is 1. The molecule has 3 heterocycles. The predicted octanol–water partition coefficient (Wildman–Crippen LogP) is 1.20. The molecule has 0 saturated carbocycles. The zero-order chi connectivity index (χ0) is 24.3. The number of nitrogens with zero attached hydrogens (tertiary/aromatic N) is 3. The van der Waals surface area contributed by atoms with Crippen LogP contribution in [0.5, 0.6) is 0 Å². The van der Waals surface area contributed by atoms with E-state index in [2.05, 4.69) is 5.32 Å². The van der Waals surface area contributed by atoms with Crippen LogP contribution < -0.4 is 10.2 Å². The van der Waals surface area contributed by atoms with Crippen molar-refractivity contribution in [1.29, 1.82) is 0 Å². The van der Waals surface area contributed by atoms with E-state index in [9.17, 15) is 28.2 Å². The van der Waals surface area contributed by atoms with E-state index in [4.69, 9.17) is 9.47 Å². The molecule has 0 aromatic heterocycles. The molecule has 1 aromatic rings. The first-order valence-electron chi connectivity index (χ1n) is 11.5. The number of hydrogen-bond donors (Lipinski definition) is 3. The van der Waals surface area contributed by atoms with E-state index >= 15 is 0 Å². The van der Waals surface area contributed by atoms with Crippen LogP contribution in [0.25, 0.3) is 0 Å². The van der Waals surface area contributed by atoms with E-state index in [1.54, 1.807) is 11.0 Å². The molecule has 3 aliphatic rings. The van der Waals surface area contributed by atoms with Crippen LogP contribution in [-0.2, 0) is 15.7 Å². The summed E-state index contributed by atoms with van der Waals surface area (Å²) >= 11 is 0. The Morgan fingerprint density at radius 2 is 1.72 bits per heavy atom. The summed E-state index contributed by atoms with van der Waals surface area (Å²) in [5.41, 5.74) is -0.186. The first-order chi connectivity index (χ1) is 16.3. The van der Waals surface area contributed by atoms with Crippen LogP contribution in [0.4, 0.5) is 23.7 Å². The fourth-order valence-electron chi connectivity index (χ4n) is 4.82. The maximum atomic E-state index is 13.1. The summed E-state index contributed by atoms with van der Waals surface area (Å²) in [6.45, 7) is 3.72. The summed E-state index contributed by atoms with van der Waals surface area (Å²) < 4.78 is 50.3. The first-order valence-corrected chi connectivity index (χ1v) is 11.5. The van der Waals surface area contributed by atoms with Gasteiger partial charge in [0.2, 0.25) is 0 Å². The summed E-state index contributed by atoms with van der Waals surface area (Å²) in [5, 5.41) is 23.3. The van der Waals surface area contributed by atoms with Crippen LogP contribution in [0.2, 0.25) is 0 Å². The minimum Gasteiger partial charge on any atom is -0.394 e. The van der Waals surface area contributed by atoms with E-state index in [0.717, 1.165) is 12.1 Å². The van der Waals surface area contributed by atoms with Gasteiger partial charge in [-0.05, 0) is 18.2 Å². The van der Waals surface area contributed by atoms with Gasteiger partial charge < -0.3 is 34.8 Å². The molecule has 4 rings (SSSR count). The third-order valence-corrected chi connectivity index (χ3v) is 6.67. The Kier molecular flexibility index (Phi) is 11.3. The molecule has 206 valence electrons. The zero-order valence-corrected chi connectivity index (χ0v) is 21.2. The van der Waals surface area contributed by atoms with Crippen molar-refractivity contribution < 1.29 is 37.7 Å². The number of alkyl halides is 3. The number of morpholine rings is 1. The number of amides is 2. The van der Waals surface area contributed by atoms with Gasteiger partial charge in [-0.15, -0.1) is 24.8 Å². The molecule has 4 atom stereocenters. The lowest BCUT2D eigenvalue weighted by Crippen LogP contribution is -2.58. The number of rotatable bonds is 5. The zero-order valence-electron chi connectivity index (χ0n) is 19.6. The van der Waals surface area contributed by atoms with Crippen molar-refractivity contribution in [3.8, 4) is 0 Å². The quantitative estimate of drug-likeness (QED) is 0.498. The maximum absolute atomic E-state index is 13.1. The number of carbonyl (C=O) groups is 1. The fraction of sp³-hybridized carbons (Fsp3) is 0.682. The number of aliphatic hydroxyl groups is 2. The molecular formula is C22H33Cl2F3N4O5. The van der Waals surface area contributed by atoms with Crippen LogP contribution in [0.3, 0.4) is 0 Å². The molecular weight excluding hydrogens is 528 g/mol. The molecule has 9 nitrogen and oxygen atoms in total. The van der Waals surface area contributed by atoms with Crippen molar-refractivity contribution >= 4 is 36.5 Å². The minimum absolute atomic E-state index is 0. The lowest BCUT2D eigenvalue weighted by atomic mass is 10.0. The van der Waals surface area contributed by atoms with Crippen molar-refractivity contribution in [2.24, 2.45) is 0 Å². The number of halogens is 5. The summed E-state index contributed by atoms with van der Waals surface area (Å²) in [4.78, 5) is 18.0. The molecule has 2 amide bonds. The summed E-state index contributed by atoms with van der Waals surface area (Å²) in [7, 11) is 0. The van der Waals surface area contributed by atoms with Crippen LogP contribution in [0, 0.1) is 0 Å². The van der Waals surface area contributed by atoms with Crippen molar-refractivity contribution in [1.82, 2.24) is 15.1 Å². The Morgan fingerprint density at radius 1 is 1.06 bits per heavy atom. The molecule has 14 heteroatoms. The van der Waals surface area contributed by atoms with Crippen LogP contribution in [0.1, 0.15) is 5.56 Å². The predicted molar refractivity (Wildman–Crippen MR) is 131 cm³/mol. The highest BCUT2D eigenvalue weighted by atomic mass is 35.5. The second-order valence-electron chi connectivity index (χ2n) is 8.73. The van der Waals surface area contributed by atoms with Gasteiger partial charge in [-0.25, -0.2) is 4.79 Å². The molecule has 3 saturated heterocycles. The lowest BCUT2D eigenvalue weighted by molar-refractivity contribution is -0.137. The number of aliphatic hydroxyl groups excluding tert-OH is 2. The van der Waals surface area contributed by atoms with Gasteiger partial charge in [0.25, 0.3) is 0 Å². The molecule has 36 heavy (non-hydrogen) atoms. The largest absolute Gasteiger partial charge is 0.416 e. The number of carbonyl (C=O) groups excluding carboxylic acids is 1. The Morgan fingerprint density at radius 3 is 2.33 bits per heavy atom. The number of hydrogen-bond acceptors (Lipinski definition) is 7. The van der Waals surface area contributed by atoms with Gasteiger partial charge in [0.1, 0.15) is 12.2 Å². The molecule has 0 unspecified atom stereocenters. The Hall–Kier alpha value is -1.54. The monoisotopic (exact) mass is 560 g/mol. The van der Waals surface area contributed by atoms with Gasteiger partial charge in [0, 0.05) is 51.5 Å². The maximum Gasteiger partial charge on any atom is 0.416 e. The van der Waals surface area contributed by atoms with Crippen molar-refractivity contribution in [3.05, 3.63) is 29.8 Å². The Bertz CT molecular complexity index is 842. The third kappa shape index (κ3) is 7.06. The highest BCUT2D eigenvalue weighted by molar-refractivity contribution is 5.85. The smallest absolute Gasteiger partial charge is 0.394 e. The number of piperazine rings is 1. The molecule has 0 spiro atoms. The van der Waals surface area contributed by atoms with Gasteiger partial charge in [-0.2, -0.15) is 13.2 Å². The molecule has 0 radical (unpaired) electrons. The third-order valence-electron chi connectivity index (χ3n) is 6.67. The van der Waals surface area contributed by atoms with Crippen molar-refractivity contribution in [2.75, 3.05) is 70.5 Å². The fourth-order valence-corrected chi connectivity index (χ4v) is 4.82. The average Bonchev–Trinajstić information content (AvgIpc) is 3.17. The van der Waals surface area contributed by atoms with Crippen LogP contribution in [-0.4, -0.2) is 116 Å². The molecule has 3 N–H and O–H groups in total. The number of urea groups is 1. The van der Waals surface area contributed by atoms with E-state index in [1.165, 1.54) is 6.07 Å². The Labute approximate surface area is 220 Å². The Balaban J connectivity index is 0.00000228. The van der Waals surface area contributed by atoms with E-state index < -0.39 is 36.1 Å². The summed E-state index contributed by atoms with van der Waals surface area (Å²) in [6.07, 6.45) is -6.65. The van der Waals surface area contributed by atoms with Gasteiger partial charge in [-0.3, -0.25) is 4.90 Å². The number of ether oxygens (including phenoxy) is 2. The van der Waals surface area contributed by atoms with Gasteiger partial charge >= 0.3 is 12.2 Å². The molecule has 3 fully saturated rings. The number of nitrogens with one attached hydrogen (secondary N) is 1. The highest BCUT2D eigenvalue weighted by Crippen LogP contribution is 2.32. The summed E-state index contributed by atoms with van der Waals surface area (Å²) in [6, 6.07) is 4.57. The van der Waals surface area contributed by atoms with Gasteiger partial charge in [0.05, 0.1) is 37.5 Å². The van der Waals surface area contributed by atoms with Gasteiger partial charge in [0.15, 0.2) is 0 Å². The second-order valence-corrected chi connectivity index (χ2v) is 8.73. The van der Waals surface area contributed by atoms with Crippen molar-refractivity contribution in [3.63, 3.8) is 0 Å². The number of benzene rings is 1. The van der Waals surface area contributed by atoms with Crippen LogP contribution in [0.15, 0.2) is 24.3 Å². The molecule has 0 aliphatic carbocycles. The van der Waals surface area contributed by atoms with E-state index in [0.29, 0.717) is 58.2 Å². The summed E-state index contributed by atoms with van der Waals surface area (Å²) in [5.74, 6) is 0. The molecule has 1 aromatic carbocycles. The first kappa shape index (κ1) is 30.7. The normalized spacial score (nSPS) is 27.2. The SMILES string of the molecule is Cl.Cl.O=C(NC[C@H]1O[C@@H](CO)[C@@H](O)[C@H]1N1CCN(c2cccc(C(F)(F)F)c2)CC1)N1CCOCC1. The topological polar surface area (TPSA) is 97.7 Å². The lowest BCUT2D eigenvalue weighted by Gasteiger charge is -2.41. The minimum atomic E-state index is -4.40. The van der Waals surface area contributed by atoms with Crippen molar-refractivity contribution in [2.45, 2.75) is 30.5 Å². The van der Waals surface area contributed by atoms with E-state index in [-0.39, 0.29) is 44.0 Å². The molecule has 3 aliphatic heterocycles. The van der Waals surface area contributed by atoms with Crippen LogP contribution >= 0.6 is 24.8 Å². The second kappa shape index (κ2) is 13.3. The van der Waals surface area contributed by atoms with E-state index in [1.807, 2.05) is 9.80 Å². The standard InChI is InChI=1S/C22H31F3N4O5.2ClH/c23-22(24,25)15-2-1-3-16(12-15)27-4-6-28(7-5-27)19-17(34-18(14-30)20(19)31)13-26-21(32)29-8-10-33-11-9-29;;/h1-3,12,17-20,30-31H,4-11,13-14H2,(H,26,32);2*1H/t17-,18+,19+,20-;;/m1../s1. The van der Waals surface area contributed by atoms with Gasteiger partial charge in [-0.1, -0.05) is 6.07 Å². The molecule has 0 bridgehead atoms. The average molecular weight is 561 g/mol. The highest BCUT2D eigenvalue weighted by Gasteiger charge is 2.47.